The number of benzene rings is 2. The summed E-state index contributed by atoms with van der Waals surface area (Å²) in [4.78, 5) is 2.80. The molecular formula is C21H28NOS+. The highest BCUT2D eigenvalue weighted by Crippen LogP contribution is 2.44. The van der Waals surface area contributed by atoms with Crippen molar-refractivity contribution in [3.63, 3.8) is 0 Å². The summed E-state index contributed by atoms with van der Waals surface area (Å²) in [5, 5.41) is 0. The van der Waals surface area contributed by atoms with Crippen LogP contribution in [0.25, 0.3) is 0 Å². The molecule has 0 amide bonds. The lowest BCUT2D eigenvalue weighted by Gasteiger charge is -2.34. The lowest BCUT2D eigenvalue weighted by atomic mass is 9.98. The normalized spacial score (nSPS) is 14.8. The molecule has 2 nitrogen and oxygen atoms in total. The van der Waals surface area contributed by atoms with Crippen LogP contribution in [-0.2, 0) is 6.42 Å². The van der Waals surface area contributed by atoms with E-state index in [1.165, 1.54) is 32.0 Å². The molecule has 0 saturated heterocycles. The van der Waals surface area contributed by atoms with Gasteiger partial charge >= 0.3 is 0 Å². The Morgan fingerprint density at radius 3 is 2.46 bits per heavy atom. The van der Waals surface area contributed by atoms with Crippen LogP contribution >= 0.6 is 11.8 Å². The van der Waals surface area contributed by atoms with Crippen molar-refractivity contribution in [3.05, 3.63) is 52.6 Å². The predicted molar refractivity (Wildman–Crippen MR) is 102 cm³/mol. The van der Waals surface area contributed by atoms with E-state index in [9.17, 15) is 0 Å². The molecule has 0 radical (unpaired) electrons. The van der Waals surface area contributed by atoms with Gasteiger partial charge in [-0.25, -0.2) is 0 Å². The van der Waals surface area contributed by atoms with Crippen molar-refractivity contribution < 1.29 is 9.22 Å². The predicted octanol–water partition coefficient (Wildman–Crippen LogP) is 5.18. The van der Waals surface area contributed by atoms with E-state index in [1.807, 2.05) is 11.8 Å². The Balaban J connectivity index is 1.99. The van der Waals surface area contributed by atoms with Crippen molar-refractivity contribution in [2.24, 2.45) is 0 Å². The molecule has 2 aromatic carbocycles. The summed E-state index contributed by atoms with van der Waals surface area (Å²) in [6, 6.07) is 11.0. The fourth-order valence-electron chi connectivity index (χ4n) is 3.32. The molecular weight excluding hydrogens is 314 g/mol. The summed E-state index contributed by atoms with van der Waals surface area (Å²) in [6.07, 6.45) is 2.16. The van der Waals surface area contributed by atoms with Crippen LogP contribution in [-0.4, -0.2) is 31.9 Å². The van der Waals surface area contributed by atoms with Gasteiger partial charge in [0.15, 0.2) is 0 Å². The molecule has 1 unspecified atom stereocenters. The van der Waals surface area contributed by atoms with Crippen molar-refractivity contribution >= 4 is 11.8 Å². The first-order valence-electron chi connectivity index (χ1n) is 8.68. The third-order valence-corrected chi connectivity index (χ3v) is 6.30. The second kappa shape index (κ2) is 6.45. The fraction of sp³-hybridized carbons (Fsp3) is 0.429. The van der Waals surface area contributed by atoms with Gasteiger partial charge in [0, 0.05) is 16.2 Å². The number of ether oxygens (including phenoxy) is 1. The Morgan fingerprint density at radius 2 is 1.79 bits per heavy atom. The maximum absolute atomic E-state index is 6.46. The molecule has 0 aromatic heterocycles. The monoisotopic (exact) mass is 342 g/mol. The lowest BCUT2D eigenvalue weighted by molar-refractivity contribution is -0.915. The molecule has 1 aliphatic rings. The molecule has 3 heteroatoms. The Morgan fingerprint density at radius 1 is 1.08 bits per heavy atom. The average Bonchev–Trinajstić information content (AvgIpc) is 2.54. The van der Waals surface area contributed by atoms with Gasteiger partial charge in [0.05, 0.1) is 21.1 Å². The SMILES string of the molecule is CCC(Oc1cc2c(c(C)c1C)Sc1ccccc1C2)[N+](C)(C)C. The van der Waals surface area contributed by atoms with Gasteiger partial charge in [0.25, 0.3) is 0 Å². The molecule has 0 aliphatic carbocycles. The van der Waals surface area contributed by atoms with Gasteiger partial charge in [-0.1, -0.05) is 36.9 Å². The van der Waals surface area contributed by atoms with Gasteiger partial charge in [0.2, 0.25) is 6.23 Å². The quantitative estimate of drug-likeness (QED) is 0.477. The molecule has 3 rings (SSSR count). The second-order valence-corrected chi connectivity index (χ2v) is 8.65. The average molecular weight is 343 g/mol. The van der Waals surface area contributed by atoms with Gasteiger partial charge in [-0.05, 0) is 54.7 Å². The fourth-order valence-corrected chi connectivity index (χ4v) is 4.53. The zero-order chi connectivity index (χ0) is 17.5. The van der Waals surface area contributed by atoms with E-state index in [1.54, 1.807) is 0 Å². The summed E-state index contributed by atoms with van der Waals surface area (Å²) in [6.45, 7) is 6.62. The van der Waals surface area contributed by atoms with Gasteiger partial charge in [-0.3, -0.25) is 4.48 Å². The summed E-state index contributed by atoms with van der Waals surface area (Å²) in [5.41, 5.74) is 5.45. The van der Waals surface area contributed by atoms with E-state index in [0.717, 1.165) is 23.1 Å². The van der Waals surface area contributed by atoms with Crippen molar-refractivity contribution in [3.8, 4) is 5.75 Å². The molecule has 0 bridgehead atoms. The molecule has 0 fully saturated rings. The van der Waals surface area contributed by atoms with E-state index < -0.39 is 0 Å². The van der Waals surface area contributed by atoms with Gasteiger partial charge in [-0.2, -0.15) is 0 Å². The van der Waals surface area contributed by atoms with Gasteiger partial charge < -0.3 is 4.74 Å². The molecule has 0 N–H and O–H groups in total. The lowest BCUT2D eigenvalue weighted by Crippen LogP contribution is -2.48. The van der Waals surface area contributed by atoms with Crippen LogP contribution in [0.3, 0.4) is 0 Å². The Kier molecular flexibility index (Phi) is 4.67. The van der Waals surface area contributed by atoms with Gasteiger partial charge in [0.1, 0.15) is 5.75 Å². The summed E-state index contributed by atoms with van der Waals surface area (Å²) >= 11 is 1.90. The molecule has 2 aromatic rings. The first-order valence-corrected chi connectivity index (χ1v) is 9.49. The topological polar surface area (TPSA) is 9.23 Å². The minimum atomic E-state index is 0.171. The standard InChI is InChI=1S/C21H28NOS/c1-7-20(22(4,5)6)23-18-13-17-12-16-10-8-9-11-19(16)24-21(17)15(3)14(18)2/h8-11,13,20H,7,12H2,1-6H3/q+1. The second-order valence-electron chi connectivity index (χ2n) is 7.60. The van der Waals surface area contributed by atoms with Crippen LogP contribution in [0.5, 0.6) is 5.75 Å². The molecule has 0 saturated carbocycles. The molecule has 1 heterocycles. The van der Waals surface area contributed by atoms with Crippen molar-refractivity contribution in [2.75, 3.05) is 21.1 Å². The largest absolute Gasteiger partial charge is 0.443 e. The molecule has 128 valence electrons. The Bertz CT molecular complexity index is 761. The highest BCUT2D eigenvalue weighted by Gasteiger charge is 2.26. The van der Waals surface area contributed by atoms with E-state index >= 15 is 0 Å². The number of hydrogen-bond acceptors (Lipinski definition) is 2. The number of fused-ring (bicyclic) bond motifs is 2. The zero-order valence-corrected chi connectivity index (χ0v) is 16.5. The first kappa shape index (κ1) is 17.4. The minimum Gasteiger partial charge on any atom is -0.443 e. The molecule has 1 atom stereocenters. The highest BCUT2D eigenvalue weighted by atomic mass is 32.2. The first-order chi connectivity index (χ1) is 11.3. The molecule has 24 heavy (non-hydrogen) atoms. The third-order valence-electron chi connectivity index (χ3n) is 4.91. The van der Waals surface area contributed by atoms with Crippen molar-refractivity contribution in [1.29, 1.82) is 0 Å². The van der Waals surface area contributed by atoms with Crippen LogP contribution < -0.4 is 4.74 Å². The van der Waals surface area contributed by atoms with Crippen molar-refractivity contribution in [2.45, 2.75) is 49.6 Å². The molecule has 0 spiro atoms. The third kappa shape index (κ3) is 3.20. The summed E-state index contributed by atoms with van der Waals surface area (Å²) < 4.78 is 7.27. The summed E-state index contributed by atoms with van der Waals surface area (Å²) in [5.74, 6) is 1.05. The summed E-state index contributed by atoms with van der Waals surface area (Å²) in [7, 11) is 6.59. The van der Waals surface area contributed by atoms with E-state index in [4.69, 9.17) is 4.74 Å². The van der Waals surface area contributed by atoms with Crippen molar-refractivity contribution in [1.82, 2.24) is 0 Å². The highest BCUT2D eigenvalue weighted by molar-refractivity contribution is 7.99. The Labute approximate surface area is 150 Å². The molecule has 1 aliphatic heterocycles. The van der Waals surface area contributed by atoms with Crippen LogP contribution in [0.2, 0.25) is 0 Å². The maximum Gasteiger partial charge on any atom is 0.232 e. The van der Waals surface area contributed by atoms with Crippen LogP contribution in [0, 0.1) is 13.8 Å². The number of hydrogen-bond donors (Lipinski definition) is 0. The zero-order valence-electron chi connectivity index (χ0n) is 15.6. The number of nitrogens with zero attached hydrogens (tertiary/aromatic N) is 1. The van der Waals surface area contributed by atoms with Gasteiger partial charge in [-0.15, -0.1) is 0 Å². The van der Waals surface area contributed by atoms with Crippen LogP contribution in [0.1, 0.15) is 35.6 Å². The number of rotatable bonds is 4. The van der Waals surface area contributed by atoms with E-state index in [2.05, 4.69) is 72.2 Å². The maximum atomic E-state index is 6.46. The van der Waals surface area contributed by atoms with Crippen LogP contribution in [0.4, 0.5) is 0 Å². The van der Waals surface area contributed by atoms with E-state index in [-0.39, 0.29) is 6.23 Å². The smallest absolute Gasteiger partial charge is 0.232 e. The van der Waals surface area contributed by atoms with Crippen LogP contribution in [0.15, 0.2) is 40.1 Å². The number of quaternary nitrogens is 1. The Hall–Kier alpha value is -1.45. The van der Waals surface area contributed by atoms with E-state index in [0.29, 0.717) is 0 Å². The minimum absolute atomic E-state index is 0.171.